The Kier molecular flexibility index (Phi) is 10.2. The first-order chi connectivity index (χ1) is 19.7. The maximum atomic E-state index is 11.2. The monoisotopic (exact) mass is 575 g/mol. The standard InChI is InChI=1S/C20H24N4O3.C13H21NO/c1-12-9-21-17(13(2)18(12)27-5)11-24(4)20-22-16-8-14(19(25)26)6-7-15(16)10-23(20)3;1-9-8-14-11(7-13(3,4)5)10(2)12(9)15-6/h6-9H,10-11H2,1-5H3,(H,25,26);8H,7H2,1-6H3. The summed E-state index contributed by atoms with van der Waals surface area (Å²) in [4.78, 5) is 29.1. The van der Waals surface area contributed by atoms with Gasteiger partial charge in [-0.2, -0.15) is 0 Å². The topological polar surface area (TPSA) is 100 Å². The number of aliphatic imine (C=N–C) groups is 1. The molecule has 0 fully saturated rings. The zero-order chi connectivity index (χ0) is 31.4. The molecule has 0 radical (unpaired) electrons. The molecule has 0 saturated carbocycles. The van der Waals surface area contributed by atoms with Gasteiger partial charge in [0.1, 0.15) is 11.5 Å². The van der Waals surface area contributed by atoms with Crippen molar-refractivity contribution in [1.29, 1.82) is 0 Å². The molecule has 9 heteroatoms. The highest BCUT2D eigenvalue weighted by Crippen LogP contribution is 2.30. The number of nitrogens with zero attached hydrogens (tertiary/aromatic N) is 5. The molecular formula is C33H45N5O4. The minimum Gasteiger partial charge on any atom is -0.496 e. The molecule has 0 aliphatic carbocycles. The fraction of sp³-hybridized carbons (Fsp3) is 0.455. The molecule has 1 aliphatic rings. The van der Waals surface area contributed by atoms with Crippen molar-refractivity contribution < 1.29 is 19.4 Å². The molecular weight excluding hydrogens is 530 g/mol. The largest absolute Gasteiger partial charge is 0.496 e. The molecule has 1 aromatic carbocycles. The third-order valence-electron chi connectivity index (χ3n) is 7.23. The predicted octanol–water partition coefficient (Wildman–Crippen LogP) is 6.27. The SMILES string of the molecule is COc1c(C)cnc(CC(C)(C)C)c1C.COc1c(C)cnc(CN(C)C2=Nc3cc(C(=O)O)ccc3CN2C)c1C. The van der Waals surface area contributed by atoms with E-state index in [9.17, 15) is 9.90 Å². The molecule has 3 heterocycles. The summed E-state index contributed by atoms with van der Waals surface area (Å²) in [6.07, 6.45) is 4.69. The molecule has 0 unspecified atom stereocenters. The second-order valence-corrected chi connectivity index (χ2v) is 12.1. The van der Waals surface area contributed by atoms with E-state index in [-0.39, 0.29) is 11.0 Å². The molecule has 0 amide bonds. The minimum atomic E-state index is -0.951. The first-order valence-electron chi connectivity index (χ1n) is 14.0. The van der Waals surface area contributed by atoms with Gasteiger partial charge in [-0.05, 0) is 57.2 Å². The Morgan fingerprint density at radius 1 is 0.976 bits per heavy atom. The fourth-order valence-corrected chi connectivity index (χ4v) is 5.11. The summed E-state index contributed by atoms with van der Waals surface area (Å²) in [7, 11) is 7.31. The molecule has 3 aromatic rings. The molecule has 0 spiro atoms. The van der Waals surface area contributed by atoms with Crippen LogP contribution in [0.15, 0.2) is 35.6 Å². The molecule has 226 valence electrons. The number of pyridine rings is 2. The van der Waals surface area contributed by atoms with Crippen LogP contribution in [0.3, 0.4) is 0 Å². The quantitative estimate of drug-likeness (QED) is 0.367. The number of aromatic nitrogens is 2. The van der Waals surface area contributed by atoms with Crippen LogP contribution in [0.5, 0.6) is 11.5 Å². The normalized spacial score (nSPS) is 12.5. The number of hydrogen-bond donors (Lipinski definition) is 1. The Morgan fingerprint density at radius 2 is 1.52 bits per heavy atom. The molecule has 0 saturated heterocycles. The van der Waals surface area contributed by atoms with Crippen molar-refractivity contribution >= 4 is 17.6 Å². The Hall–Kier alpha value is -4.14. The van der Waals surface area contributed by atoms with Gasteiger partial charge in [-0.1, -0.05) is 26.8 Å². The van der Waals surface area contributed by atoms with Crippen LogP contribution >= 0.6 is 0 Å². The van der Waals surface area contributed by atoms with E-state index in [0.29, 0.717) is 18.8 Å². The number of aryl methyl sites for hydroxylation is 2. The number of hydrogen-bond acceptors (Lipinski definition) is 8. The number of fused-ring (bicyclic) bond motifs is 1. The zero-order valence-corrected chi connectivity index (χ0v) is 26.9. The summed E-state index contributed by atoms with van der Waals surface area (Å²) in [5.74, 6) is 1.65. The number of carboxylic acids is 1. The molecule has 1 N–H and O–H groups in total. The van der Waals surface area contributed by atoms with Gasteiger partial charge in [0.25, 0.3) is 0 Å². The number of rotatable bonds is 6. The lowest BCUT2D eigenvalue weighted by molar-refractivity contribution is 0.0697. The van der Waals surface area contributed by atoms with Crippen molar-refractivity contribution in [3.05, 3.63) is 75.4 Å². The van der Waals surface area contributed by atoms with Gasteiger partial charge in [0.2, 0.25) is 5.96 Å². The number of carboxylic acid groups (broad SMARTS) is 1. The molecule has 4 rings (SSSR count). The third-order valence-corrected chi connectivity index (χ3v) is 7.23. The van der Waals surface area contributed by atoms with Crippen LogP contribution in [0.25, 0.3) is 0 Å². The van der Waals surface area contributed by atoms with Gasteiger partial charge in [0.15, 0.2) is 0 Å². The fourth-order valence-electron chi connectivity index (χ4n) is 5.11. The van der Waals surface area contributed by atoms with Crippen LogP contribution in [-0.4, -0.2) is 65.1 Å². The summed E-state index contributed by atoms with van der Waals surface area (Å²) in [5.41, 5.74) is 8.56. The molecule has 0 atom stereocenters. The van der Waals surface area contributed by atoms with E-state index in [2.05, 4.69) is 37.7 Å². The van der Waals surface area contributed by atoms with Crippen molar-refractivity contribution in [2.75, 3.05) is 28.3 Å². The van der Waals surface area contributed by atoms with Gasteiger partial charge < -0.3 is 24.4 Å². The van der Waals surface area contributed by atoms with Gasteiger partial charge >= 0.3 is 5.97 Å². The second-order valence-electron chi connectivity index (χ2n) is 12.1. The van der Waals surface area contributed by atoms with Crippen LogP contribution in [-0.2, 0) is 19.5 Å². The maximum Gasteiger partial charge on any atom is 0.335 e. The number of benzene rings is 1. The van der Waals surface area contributed by atoms with E-state index >= 15 is 0 Å². The number of ether oxygens (including phenoxy) is 2. The van der Waals surface area contributed by atoms with E-state index in [1.165, 1.54) is 5.56 Å². The van der Waals surface area contributed by atoms with Crippen molar-refractivity contribution in [2.24, 2.45) is 10.4 Å². The van der Waals surface area contributed by atoms with Crippen LogP contribution in [0.4, 0.5) is 5.69 Å². The first kappa shape index (κ1) is 32.4. The van der Waals surface area contributed by atoms with Gasteiger partial charge in [0, 0.05) is 61.0 Å². The maximum absolute atomic E-state index is 11.2. The number of methoxy groups -OCH3 is 2. The van der Waals surface area contributed by atoms with E-state index in [1.807, 2.05) is 63.1 Å². The predicted molar refractivity (Wildman–Crippen MR) is 167 cm³/mol. The Morgan fingerprint density at radius 3 is 2.05 bits per heavy atom. The van der Waals surface area contributed by atoms with E-state index in [1.54, 1.807) is 26.4 Å². The molecule has 1 aliphatic heterocycles. The van der Waals surface area contributed by atoms with Crippen molar-refractivity contribution in [3.8, 4) is 11.5 Å². The number of aromatic carboxylic acids is 1. The highest BCUT2D eigenvalue weighted by molar-refractivity contribution is 5.91. The van der Waals surface area contributed by atoms with Crippen LogP contribution in [0.2, 0.25) is 0 Å². The van der Waals surface area contributed by atoms with Gasteiger partial charge in [0.05, 0.1) is 37.7 Å². The second kappa shape index (κ2) is 13.2. The van der Waals surface area contributed by atoms with Crippen LogP contribution < -0.4 is 9.47 Å². The lowest BCUT2D eigenvalue weighted by Gasteiger charge is -2.33. The van der Waals surface area contributed by atoms with Crippen molar-refractivity contribution in [3.63, 3.8) is 0 Å². The van der Waals surface area contributed by atoms with E-state index in [0.717, 1.165) is 57.5 Å². The Labute approximate surface area is 250 Å². The van der Waals surface area contributed by atoms with Gasteiger partial charge in [-0.25, -0.2) is 9.79 Å². The molecule has 0 bridgehead atoms. The summed E-state index contributed by atoms with van der Waals surface area (Å²) in [6, 6.07) is 5.06. The Balaban J connectivity index is 0.000000274. The minimum absolute atomic E-state index is 0.241. The smallest absolute Gasteiger partial charge is 0.335 e. The number of carbonyl (C=O) groups is 1. The summed E-state index contributed by atoms with van der Waals surface area (Å²) in [5, 5.41) is 9.22. The molecule has 2 aromatic heterocycles. The summed E-state index contributed by atoms with van der Waals surface area (Å²) >= 11 is 0. The lowest BCUT2D eigenvalue weighted by atomic mass is 9.88. The lowest BCUT2D eigenvalue weighted by Crippen LogP contribution is -2.41. The van der Waals surface area contributed by atoms with Crippen molar-refractivity contribution in [1.82, 2.24) is 19.8 Å². The van der Waals surface area contributed by atoms with Crippen molar-refractivity contribution in [2.45, 2.75) is 68.0 Å². The third kappa shape index (κ3) is 7.57. The first-order valence-corrected chi connectivity index (χ1v) is 14.0. The van der Waals surface area contributed by atoms with Gasteiger partial charge in [-0.15, -0.1) is 0 Å². The van der Waals surface area contributed by atoms with Crippen LogP contribution in [0.1, 0.15) is 70.3 Å². The van der Waals surface area contributed by atoms with E-state index < -0.39 is 5.97 Å². The zero-order valence-electron chi connectivity index (χ0n) is 26.9. The average molecular weight is 576 g/mol. The number of guanidine groups is 1. The highest BCUT2D eigenvalue weighted by atomic mass is 16.5. The molecule has 42 heavy (non-hydrogen) atoms. The molecule has 9 nitrogen and oxygen atoms in total. The van der Waals surface area contributed by atoms with E-state index in [4.69, 9.17) is 14.5 Å². The summed E-state index contributed by atoms with van der Waals surface area (Å²) in [6.45, 7) is 16.0. The van der Waals surface area contributed by atoms with Gasteiger partial charge in [-0.3, -0.25) is 9.97 Å². The summed E-state index contributed by atoms with van der Waals surface area (Å²) < 4.78 is 10.9. The highest BCUT2D eigenvalue weighted by Gasteiger charge is 2.22. The average Bonchev–Trinajstić information content (AvgIpc) is 2.91. The van der Waals surface area contributed by atoms with Crippen LogP contribution in [0, 0.1) is 33.1 Å². The Bertz CT molecular complexity index is 1480.